The van der Waals surface area contributed by atoms with Gasteiger partial charge in [0.1, 0.15) is 5.60 Å². The van der Waals surface area contributed by atoms with Crippen molar-refractivity contribution < 1.29 is 27.8 Å². The van der Waals surface area contributed by atoms with Gasteiger partial charge in [-0.25, -0.2) is 4.79 Å². The molecular weight excluding hydrogens is 299 g/mol. The molecule has 0 bridgehead atoms. The van der Waals surface area contributed by atoms with Gasteiger partial charge in [0.15, 0.2) is 0 Å². The van der Waals surface area contributed by atoms with Gasteiger partial charge in [-0.15, -0.1) is 0 Å². The number of ether oxygens (including phenoxy) is 1. The van der Waals surface area contributed by atoms with Crippen molar-refractivity contribution in [2.75, 3.05) is 6.61 Å². The summed E-state index contributed by atoms with van der Waals surface area (Å²) in [6.45, 7) is 4.88. The topological polar surface area (TPSA) is 58.6 Å². The van der Waals surface area contributed by atoms with Crippen molar-refractivity contribution in [1.82, 2.24) is 5.32 Å². The smallest absolute Gasteiger partial charge is 0.416 e. The lowest BCUT2D eigenvalue weighted by Gasteiger charge is -2.23. The van der Waals surface area contributed by atoms with E-state index in [-0.39, 0.29) is 13.0 Å². The van der Waals surface area contributed by atoms with Crippen LogP contribution in [0.15, 0.2) is 24.3 Å². The zero-order valence-corrected chi connectivity index (χ0v) is 12.7. The van der Waals surface area contributed by atoms with Crippen LogP contribution < -0.4 is 5.32 Å². The summed E-state index contributed by atoms with van der Waals surface area (Å²) in [4.78, 5) is 11.7. The Bertz CT molecular complexity index is 492. The standard InChI is InChI=1S/C15H20F3NO3/c1-14(2,3)22-13(21)19-12(8-9-20)10-4-6-11(7-5-10)15(16,17)18/h4-7,12,20H,8-9H2,1-3H3,(H,19,21)/t12-/m0/s1. The lowest BCUT2D eigenvalue weighted by Crippen LogP contribution is -2.35. The first kappa shape index (κ1) is 18.3. The fourth-order valence-electron chi connectivity index (χ4n) is 1.81. The Morgan fingerprint density at radius 2 is 1.77 bits per heavy atom. The molecule has 2 N–H and O–H groups in total. The second-order valence-electron chi connectivity index (χ2n) is 5.83. The molecule has 1 atom stereocenters. The fourth-order valence-corrected chi connectivity index (χ4v) is 1.81. The molecule has 0 fully saturated rings. The molecule has 0 spiro atoms. The highest BCUT2D eigenvalue weighted by Crippen LogP contribution is 2.30. The second kappa shape index (κ2) is 7.00. The minimum Gasteiger partial charge on any atom is -0.444 e. The number of hydrogen-bond donors (Lipinski definition) is 2. The molecule has 0 saturated carbocycles. The number of carbonyl (C=O) groups is 1. The summed E-state index contributed by atoms with van der Waals surface area (Å²) in [5, 5.41) is 11.6. The maximum absolute atomic E-state index is 12.5. The zero-order valence-electron chi connectivity index (χ0n) is 12.7. The van der Waals surface area contributed by atoms with Gasteiger partial charge in [0.05, 0.1) is 11.6 Å². The summed E-state index contributed by atoms with van der Waals surface area (Å²) in [6.07, 6.45) is -4.93. The summed E-state index contributed by atoms with van der Waals surface area (Å²) in [5.41, 5.74) is -0.988. The quantitative estimate of drug-likeness (QED) is 0.890. The molecule has 0 aliphatic carbocycles. The third-order valence-corrected chi connectivity index (χ3v) is 2.75. The monoisotopic (exact) mass is 319 g/mol. The average Bonchev–Trinajstić information content (AvgIpc) is 2.35. The van der Waals surface area contributed by atoms with E-state index in [1.54, 1.807) is 20.8 Å². The molecule has 1 aromatic rings. The Labute approximate surface area is 127 Å². The Kier molecular flexibility index (Phi) is 5.82. The van der Waals surface area contributed by atoms with E-state index in [9.17, 15) is 18.0 Å². The number of aliphatic hydroxyl groups is 1. The van der Waals surface area contributed by atoms with Gasteiger partial charge in [0.25, 0.3) is 0 Å². The number of hydrogen-bond acceptors (Lipinski definition) is 3. The molecule has 0 saturated heterocycles. The van der Waals surface area contributed by atoms with Crippen molar-refractivity contribution in [3.8, 4) is 0 Å². The third kappa shape index (κ3) is 5.93. The second-order valence-corrected chi connectivity index (χ2v) is 5.83. The first-order valence-electron chi connectivity index (χ1n) is 6.80. The largest absolute Gasteiger partial charge is 0.444 e. The number of nitrogens with one attached hydrogen (secondary N) is 1. The van der Waals surface area contributed by atoms with Crippen molar-refractivity contribution in [2.45, 2.75) is 45.0 Å². The van der Waals surface area contributed by atoms with Crippen molar-refractivity contribution in [3.63, 3.8) is 0 Å². The Balaban J connectivity index is 2.85. The maximum Gasteiger partial charge on any atom is 0.416 e. The van der Waals surface area contributed by atoms with Gasteiger partial charge in [0.2, 0.25) is 0 Å². The van der Waals surface area contributed by atoms with Crippen LogP contribution in [0.3, 0.4) is 0 Å². The molecule has 0 aliphatic rings. The number of alkyl carbamates (subject to hydrolysis) is 1. The van der Waals surface area contributed by atoms with E-state index in [0.717, 1.165) is 12.1 Å². The Morgan fingerprint density at radius 3 is 2.18 bits per heavy atom. The van der Waals surface area contributed by atoms with E-state index in [1.807, 2.05) is 0 Å². The molecule has 0 aromatic heterocycles. The molecule has 4 nitrogen and oxygen atoms in total. The number of amides is 1. The van der Waals surface area contributed by atoms with E-state index in [2.05, 4.69) is 5.32 Å². The van der Waals surface area contributed by atoms with Gasteiger partial charge in [-0.1, -0.05) is 12.1 Å². The zero-order chi connectivity index (χ0) is 17.0. The molecule has 22 heavy (non-hydrogen) atoms. The number of aliphatic hydroxyl groups excluding tert-OH is 1. The SMILES string of the molecule is CC(C)(C)OC(=O)N[C@@H](CCO)c1ccc(C(F)(F)F)cc1. The molecule has 1 aromatic carbocycles. The first-order valence-corrected chi connectivity index (χ1v) is 6.80. The number of benzene rings is 1. The van der Waals surface area contributed by atoms with Gasteiger partial charge in [-0.2, -0.15) is 13.2 Å². The molecule has 0 unspecified atom stereocenters. The molecule has 0 aliphatic heterocycles. The normalized spacial score (nSPS) is 13.6. The lowest BCUT2D eigenvalue weighted by atomic mass is 10.0. The molecular formula is C15H20F3NO3. The minimum atomic E-state index is -4.41. The molecule has 124 valence electrons. The van der Waals surface area contributed by atoms with Crippen LogP contribution in [0.4, 0.5) is 18.0 Å². The highest BCUT2D eigenvalue weighted by Gasteiger charge is 2.30. The van der Waals surface area contributed by atoms with Crippen molar-refractivity contribution in [2.24, 2.45) is 0 Å². The predicted octanol–water partition coefficient (Wildman–Crippen LogP) is 3.65. The summed E-state index contributed by atoms with van der Waals surface area (Å²) in [5.74, 6) is 0. The molecule has 1 rings (SSSR count). The summed E-state index contributed by atoms with van der Waals surface area (Å²) < 4.78 is 42.7. The van der Waals surface area contributed by atoms with Crippen molar-refractivity contribution in [3.05, 3.63) is 35.4 Å². The van der Waals surface area contributed by atoms with Crippen LogP contribution in [0.2, 0.25) is 0 Å². The number of carbonyl (C=O) groups excluding carboxylic acids is 1. The molecule has 0 heterocycles. The Morgan fingerprint density at radius 1 is 1.23 bits per heavy atom. The third-order valence-electron chi connectivity index (χ3n) is 2.75. The highest BCUT2D eigenvalue weighted by atomic mass is 19.4. The molecule has 7 heteroatoms. The summed E-state index contributed by atoms with van der Waals surface area (Å²) >= 11 is 0. The average molecular weight is 319 g/mol. The van der Waals surface area contributed by atoms with Crippen LogP contribution in [0.1, 0.15) is 44.4 Å². The van der Waals surface area contributed by atoms with E-state index >= 15 is 0 Å². The van der Waals surface area contributed by atoms with Crippen LogP contribution in [-0.4, -0.2) is 23.4 Å². The van der Waals surface area contributed by atoms with Crippen LogP contribution in [0.25, 0.3) is 0 Å². The molecule has 1 amide bonds. The molecule has 0 radical (unpaired) electrons. The van der Waals surface area contributed by atoms with Crippen molar-refractivity contribution in [1.29, 1.82) is 0 Å². The number of halogens is 3. The van der Waals surface area contributed by atoms with Crippen LogP contribution >= 0.6 is 0 Å². The highest BCUT2D eigenvalue weighted by molar-refractivity contribution is 5.68. The number of alkyl halides is 3. The van der Waals surface area contributed by atoms with E-state index < -0.39 is 29.5 Å². The van der Waals surface area contributed by atoms with Gasteiger partial charge in [-0.3, -0.25) is 0 Å². The van der Waals surface area contributed by atoms with Gasteiger partial charge in [-0.05, 0) is 44.9 Å². The van der Waals surface area contributed by atoms with E-state index in [4.69, 9.17) is 9.84 Å². The van der Waals surface area contributed by atoms with E-state index in [0.29, 0.717) is 5.56 Å². The number of rotatable bonds is 4. The first-order chi connectivity index (χ1) is 10.0. The van der Waals surface area contributed by atoms with Crippen LogP contribution in [0, 0.1) is 0 Å². The minimum absolute atomic E-state index is 0.171. The fraction of sp³-hybridized carbons (Fsp3) is 0.533. The summed E-state index contributed by atoms with van der Waals surface area (Å²) in [6, 6.07) is 3.82. The van der Waals surface area contributed by atoms with Gasteiger partial charge >= 0.3 is 12.3 Å². The van der Waals surface area contributed by atoms with Gasteiger partial charge < -0.3 is 15.2 Å². The van der Waals surface area contributed by atoms with E-state index in [1.165, 1.54) is 12.1 Å². The summed E-state index contributed by atoms with van der Waals surface area (Å²) in [7, 11) is 0. The lowest BCUT2D eigenvalue weighted by molar-refractivity contribution is -0.137. The maximum atomic E-state index is 12.5. The Hall–Kier alpha value is -1.76. The van der Waals surface area contributed by atoms with Gasteiger partial charge in [0, 0.05) is 6.61 Å². The van der Waals surface area contributed by atoms with Crippen molar-refractivity contribution >= 4 is 6.09 Å². The van der Waals surface area contributed by atoms with Crippen LogP contribution in [-0.2, 0) is 10.9 Å². The van der Waals surface area contributed by atoms with Crippen LogP contribution in [0.5, 0.6) is 0 Å². The predicted molar refractivity (Wildman–Crippen MR) is 75.3 cm³/mol.